The molecule has 0 aliphatic heterocycles. The number of hydrogen-bond donors (Lipinski definition) is 1. The van der Waals surface area contributed by atoms with Crippen LogP contribution >= 0.6 is 0 Å². The van der Waals surface area contributed by atoms with Gasteiger partial charge in [-0.1, -0.05) is 0 Å². The quantitative estimate of drug-likeness (QED) is 0.572. The van der Waals surface area contributed by atoms with Gasteiger partial charge in [0.15, 0.2) is 0 Å². The summed E-state index contributed by atoms with van der Waals surface area (Å²) in [6.07, 6.45) is 1.26. The number of rotatable bonds is 1. The van der Waals surface area contributed by atoms with E-state index in [1.54, 1.807) is 0 Å². The molecule has 6 atom stereocenters. The molecule has 5 rings (SSSR count). The van der Waals surface area contributed by atoms with Crippen molar-refractivity contribution in [3.8, 4) is 0 Å². The molecular weight excluding hydrogens is 128 g/mol. The molecule has 0 saturated heterocycles. The molecule has 5 aliphatic rings. The van der Waals surface area contributed by atoms with Gasteiger partial charge < -0.3 is 5.11 Å². The maximum atomic E-state index is 10.8. The second-order valence-corrected chi connectivity index (χ2v) is 4.37. The van der Waals surface area contributed by atoms with Crippen LogP contribution in [-0.4, -0.2) is 11.1 Å². The van der Waals surface area contributed by atoms with E-state index in [1.165, 1.54) is 6.42 Å². The van der Waals surface area contributed by atoms with E-state index in [9.17, 15) is 4.79 Å². The standard InChI is InChI=1S/C8H8O2/c9-7(10)8-3-1-2-4(5(2)8)6(3)8/h2-6H,1H2,(H,9,10). The molecule has 5 aliphatic carbocycles. The van der Waals surface area contributed by atoms with Gasteiger partial charge in [-0.15, -0.1) is 0 Å². The lowest BCUT2D eigenvalue weighted by molar-refractivity contribution is -0.147. The lowest BCUT2D eigenvalue weighted by Crippen LogP contribution is -2.28. The Bertz CT molecular complexity index is 251. The Hall–Kier alpha value is -0.530. The summed E-state index contributed by atoms with van der Waals surface area (Å²) in [5.41, 5.74) is -0.130. The Morgan fingerprint density at radius 1 is 1.50 bits per heavy atom. The Balaban J connectivity index is 1.95. The van der Waals surface area contributed by atoms with Crippen molar-refractivity contribution in [2.24, 2.45) is 35.0 Å². The molecule has 2 nitrogen and oxygen atoms in total. The second-order valence-electron chi connectivity index (χ2n) is 4.37. The number of carboxylic acid groups (broad SMARTS) is 1. The Morgan fingerprint density at radius 2 is 2.30 bits per heavy atom. The Labute approximate surface area is 58.2 Å². The van der Waals surface area contributed by atoms with E-state index in [1.807, 2.05) is 0 Å². The third kappa shape index (κ3) is 0.165. The van der Waals surface area contributed by atoms with Crippen LogP contribution in [0.4, 0.5) is 0 Å². The predicted molar refractivity (Wildman–Crippen MR) is 32.1 cm³/mol. The summed E-state index contributed by atoms with van der Waals surface area (Å²) in [5.74, 6) is 3.21. The van der Waals surface area contributed by atoms with Crippen LogP contribution in [0.3, 0.4) is 0 Å². The molecule has 5 fully saturated rings. The highest BCUT2D eigenvalue weighted by Crippen LogP contribution is 2.98. The van der Waals surface area contributed by atoms with E-state index >= 15 is 0 Å². The monoisotopic (exact) mass is 136 g/mol. The summed E-state index contributed by atoms with van der Waals surface area (Å²) in [6.45, 7) is 0. The number of carbonyl (C=O) groups is 1. The van der Waals surface area contributed by atoms with E-state index in [4.69, 9.17) is 5.11 Å². The minimum atomic E-state index is -0.483. The van der Waals surface area contributed by atoms with Gasteiger partial charge in [-0.3, -0.25) is 4.79 Å². The van der Waals surface area contributed by atoms with Gasteiger partial charge in [-0.25, -0.2) is 0 Å². The van der Waals surface area contributed by atoms with Crippen molar-refractivity contribution >= 4 is 5.97 Å². The molecule has 0 heterocycles. The topological polar surface area (TPSA) is 37.3 Å². The van der Waals surface area contributed by atoms with Crippen molar-refractivity contribution in [3.63, 3.8) is 0 Å². The maximum absolute atomic E-state index is 10.8. The van der Waals surface area contributed by atoms with Gasteiger partial charge in [-0.05, 0) is 36.0 Å². The van der Waals surface area contributed by atoms with Gasteiger partial charge in [0.1, 0.15) is 0 Å². The molecule has 0 amide bonds. The molecule has 2 bridgehead atoms. The molecule has 6 unspecified atom stereocenters. The highest BCUT2D eigenvalue weighted by Gasteiger charge is 2.99. The largest absolute Gasteiger partial charge is 0.481 e. The summed E-state index contributed by atoms with van der Waals surface area (Å²) in [6, 6.07) is 0. The number of hydrogen-bond acceptors (Lipinski definition) is 1. The fourth-order valence-corrected chi connectivity index (χ4v) is 4.39. The van der Waals surface area contributed by atoms with Crippen LogP contribution in [0.2, 0.25) is 0 Å². The summed E-state index contributed by atoms with van der Waals surface area (Å²) in [5, 5.41) is 8.93. The fourth-order valence-electron chi connectivity index (χ4n) is 4.39. The molecule has 1 N–H and O–H groups in total. The first kappa shape index (κ1) is 4.37. The molecule has 0 radical (unpaired) electrons. The van der Waals surface area contributed by atoms with E-state index in [0.29, 0.717) is 17.8 Å². The van der Waals surface area contributed by atoms with Crippen LogP contribution in [0.25, 0.3) is 0 Å². The highest BCUT2D eigenvalue weighted by molar-refractivity contribution is 5.85. The Morgan fingerprint density at radius 3 is 2.50 bits per heavy atom. The summed E-state index contributed by atoms with van der Waals surface area (Å²) >= 11 is 0. The average Bonchev–Trinajstić information content (AvgIpc) is 2.44. The van der Waals surface area contributed by atoms with Crippen molar-refractivity contribution in [2.45, 2.75) is 6.42 Å². The van der Waals surface area contributed by atoms with Crippen LogP contribution < -0.4 is 0 Å². The van der Waals surface area contributed by atoms with Gasteiger partial charge in [0, 0.05) is 0 Å². The van der Waals surface area contributed by atoms with Crippen molar-refractivity contribution in [3.05, 3.63) is 0 Å². The lowest BCUT2D eigenvalue weighted by atomic mass is 9.85. The molecule has 5 saturated carbocycles. The zero-order chi connectivity index (χ0) is 6.67. The number of aliphatic carboxylic acids is 1. The highest BCUT2D eigenvalue weighted by atomic mass is 16.4. The van der Waals surface area contributed by atoms with Crippen LogP contribution in [0.5, 0.6) is 0 Å². The third-order valence-electron chi connectivity index (χ3n) is 4.58. The van der Waals surface area contributed by atoms with Crippen LogP contribution in [0.15, 0.2) is 0 Å². The average molecular weight is 136 g/mol. The molecule has 2 heteroatoms. The van der Waals surface area contributed by atoms with Crippen molar-refractivity contribution < 1.29 is 9.90 Å². The lowest BCUT2D eigenvalue weighted by Gasteiger charge is -2.18. The van der Waals surface area contributed by atoms with Crippen molar-refractivity contribution in [2.75, 3.05) is 0 Å². The van der Waals surface area contributed by atoms with Gasteiger partial charge in [0.25, 0.3) is 0 Å². The van der Waals surface area contributed by atoms with Gasteiger partial charge >= 0.3 is 5.97 Å². The molecule has 10 heavy (non-hydrogen) atoms. The number of carboxylic acids is 1. The third-order valence-corrected chi connectivity index (χ3v) is 4.58. The maximum Gasteiger partial charge on any atom is 0.310 e. The molecule has 0 aromatic rings. The molecule has 0 aromatic heterocycles. The smallest absolute Gasteiger partial charge is 0.310 e. The molecule has 0 aromatic carbocycles. The van der Waals surface area contributed by atoms with Gasteiger partial charge in [0.05, 0.1) is 5.41 Å². The summed E-state index contributed by atoms with van der Waals surface area (Å²) in [7, 11) is 0. The summed E-state index contributed by atoms with van der Waals surface area (Å²) in [4.78, 5) is 10.8. The predicted octanol–water partition coefficient (Wildman–Crippen LogP) is 0.583. The zero-order valence-corrected chi connectivity index (χ0v) is 5.45. The first-order chi connectivity index (χ1) is 4.79. The minimum absolute atomic E-state index is 0.130. The van der Waals surface area contributed by atoms with E-state index in [-0.39, 0.29) is 5.41 Å². The second kappa shape index (κ2) is 0.789. The molecule has 52 valence electrons. The van der Waals surface area contributed by atoms with Crippen LogP contribution in [0.1, 0.15) is 6.42 Å². The van der Waals surface area contributed by atoms with Crippen molar-refractivity contribution in [1.29, 1.82) is 0 Å². The van der Waals surface area contributed by atoms with Gasteiger partial charge in [0.2, 0.25) is 0 Å². The van der Waals surface area contributed by atoms with E-state index < -0.39 is 5.97 Å². The van der Waals surface area contributed by atoms with Crippen LogP contribution in [-0.2, 0) is 4.79 Å². The zero-order valence-electron chi connectivity index (χ0n) is 5.45. The van der Waals surface area contributed by atoms with Crippen molar-refractivity contribution in [1.82, 2.24) is 0 Å². The van der Waals surface area contributed by atoms with Gasteiger partial charge in [-0.2, -0.15) is 0 Å². The molecular formula is C8H8O2. The van der Waals surface area contributed by atoms with E-state index in [0.717, 1.165) is 11.8 Å². The fraction of sp³-hybridized carbons (Fsp3) is 0.875. The normalized spacial score (nSPS) is 77.8. The van der Waals surface area contributed by atoms with Crippen LogP contribution in [0, 0.1) is 35.0 Å². The minimum Gasteiger partial charge on any atom is -0.481 e. The molecule has 0 spiro atoms. The van der Waals surface area contributed by atoms with E-state index in [2.05, 4.69) is 0 Å². The Kier molecular flexibility index (Phi) is 0.345. The SMILES string of the molecule is O=C(O)C12C3CC4C(C41)C32. The summed E-state index contributed by atoms with van der Waals surface area (Å²) < 4.78 is 0. The first-order valence-electron chi connectivity index (χ1n) is 4.03. The first-order valence-corrected chi connectivity index (χ1v) is 4.03.